The Hall–Kier alpha value is -2.71. The van der Waals surface area contributed by atoms with Crippen molar-refractivity contribution >= 4 is 17.5 Å². The van der Waals surface area contributed by atoms with Crippen LogP contribution < -0.4 is 5.32 Å². The molecule has 2 amide bonds. The van der Waals surface area contributed by atoms with Crippen LogP contribution in [0.1, 0.15) is 24.5 Å². The molecule has 4 rings (SSSR count). The van der Waals surface area contributed by atoms with Crippen LogP contribution in [0.3, 0.4) is 0 Å². The number of amides is 2. The Kier molecular flexibility index (Phi) is 5.92. The van der Waals surface area contributed by atoms with E-state index in [4.69, 9.17) is 4.74 Å². The van der Waals surface area contributed by atoms with Crippen molar-refractivity contribution in [2.75, 3.05) is 38.5 Å². The number of hydrogen-bond donors (Lipinski definition) is 1. The van der Waals surface area contributed by atoms with E-state index in [1.165, 1.54) is 0 Å². The van der Waals surface area contributed by atoms with Crippen LogP contribution in [-0.4, -0.2) is 70.7 Å². The van der Waals surface area contributed by atoms with E-state index in [2.05, 4.69) is 22.4 Å². The molecule has 0 saturated carbocycles. The molecular formula is C21H27N5O3. The van der Waals surface area contributed by atoms with Crippen molar-refractivity contribution in [2.45, 2.75) is 31.6 Å². The maximum atomic E-state index is 12.5. The van der Waals surface area contributed by atoms with Crippen LogP contribution in [0.5, 0.6) is 0 Å². The molecule has 2 fully saturated rings. The van der Waals surface area contributed by atoms with Crippen molar-refractivity contribution in [1.29, 1.82) is 0 Å². The lowest BCUT2D eigenvalue weighted by atomic mass is 10.1. The Labute approximate surface area is 170 Å². The van der Waals surface area contributed by atoms with Crippen molar-refractivity contribution in [3.8, 4) is 0 Å². The van der Waals surface area contributed by atoms with Gasteiger partial charge in [-0.2, -0.15) is 5.10 Å². The molecule has 2 saturated heterocycles. The Morgan fingerprint density at radius 3 is 2.66 bits per heavy atom. The topological polar surface area (TPSA) is 79.7 Å². The molecule has 2 aliphatic heterocycles. The molecule has 3 heterocycles. The van der Waals surface area contributed by atoms with Crippen LogP contribution in [0.15, 0.2) is 42.7 Å². The zero-order chi connectivity index (χ0) is 20.2. The Balaban J connectivity index is 1.28. The first kappa shape index (κ1) is 19.6. The minimum absolute atomic E-state index is 0.0453. The quantitative estimate of drug-likeness (QED) is 0.828. The van der Waals surface area contributed by atoms with Gasteiger partial charge in [0.1, 0.15) is 12.6 Å². The summed E-state index contributed by atoms with van der Waals surface area (Å²) >= 11 is 0. The molecule has 8 heteroatoms. The van der Waals surface area contributed by atoms with Gasteiger partial charge in [0.25, 0.3) is 5.91 Å². The zero-order valence-corrected chi connectivity index (χ0v) is 16.7. The molecule has 8 nitrogen and oxygen atoms in total. The van der Waals surface area contributed by atoms with E-state index in [-0.39, 0.29) is 24.5 Å². The first-order valence-electron chi connectivity index (χ1n) is 10.1. The SMILES string of the molecule is CN1CCN(C(=O)Cn2cc(NC(=O)[C@H]3CC[C@@H](c4ccccc4)O3)cn2)CC1. The van der Waals surface area contributed by atoms with Crippen LogP contribution >= 0.6 is 0 Å². The lowest BCUT2D eigenvalue weighted by molar-refractivity contribution is -0.133. The molecule has 1 N–H and O–H groups in total. The largest absolute Gasteiger partial charge is 0.360 e. The number of rotatable bonds is 5. The number of benzene rings is 1. The summed E-state index contributed by atoms with van der Waals surface area (Å²) in [5.41, 5.74) is 1.67. The van der Waals surface area contributed by atoms with Crippen molar-refractivity contribution in [1.82, 2.24) is 19.6 Å². The average molecular weight is 397 g/mol. The van der Waals surface area contributed by atoms with Crippen LogP contribution in [-0.2, 0) is 20.9 Å². The van der Waals surface area contributed by atoms with Crippen molar-refractivity contribution in [2.24, 2.45) is 0 Å². The number of nitrogens with zero attached hydrogens (tertiary/aromatic N) is 4. The third-order valence-corrected chi connectivity index (χ3v) is 5.54. The number of hydrogen-bond acceptors (Lipinski definition) is 5. The van der Waals surface area contributed by atoms with Gasteiger partial charge >= 0.3 is 0 Å². The Bertz CT molecular complexity index is 845. The number of nitrogens with one attached hydrogen (secondary N) is 1. The number of likely N-dealkylation sites (N-methyl/N-ethyl adjacent to an activating group) is 1. The third kappa shape index (κ3) is 4.83. The molecular weight excluding hydrogens is 370 g/mol. The summed E-state index contributed by atoms with van der Waals surface area (Å²) in [5, 5.41) is 7.07. The minimum Gasteiger partial charge on any atom is -0.360 e. The number of piperazine rings is 1. The second-order valence-electron chi connectivity index (χ2n) is 7.70. The number of carbonyl (C=O) groups excluding carboxylic acids is 2. The van der Waals surface area contributed by atoms with Gasteiger partial charge in [0.15, 0.2) is 0 Å². The van der Waals surface area contributed by atoms with Crippen LogP contribution in [0, 0.1) is 0 Å². The maximum absolute atomic E-state index is 12.5. The van der Waals surface area contributed by atoms with E-state index in [1.807, 2.05) is 35.2 Å². The monoisotopic (exact) mass is 397 g/mol. The lowest BCUT2D eigenvalue weighted by Gasteiger charge is -2.32. The number of anilines is 1. The van der Waals surface area contributed by atoms with Gasteiger partial charge in [-0.25, -0.2) is 0 Å². The van der Waals surface area contributed by atoms with E-state index in [0.717, 1.165) is 38.2 Å². The van der Waals surface area contributed by atoms with Gasteiger partial charge in [-0.05, 0) is 25.5 Å². The predicted octanol–water partition coefficient (Wildman–Crippen LogP) is 1.52. The standard InChI is InChI=1S/C21H27N5O3/c1-24-9-11-25(12-10-24)20(27)15-26-14-17(13-22-26)23-21(28)19-8-7-18(29-19)16-5-3-2-4-6-16/h2-6,13-14,18-19H,7-12,15H2,1H3,(H,23,28)/t18-,19+/m0/s1. The fraction of sp³-hybridized carbons (Fsp3) is 0.476. The highest BCUT2D eigenvalue weighted by molar-refractivity contribution is 5.94. The highest BCUT2D eigenvalue weighted by Gasteiger charge is 2.31. The smallest absolute Gasteiger partial charge is 0.253 e. The van der Waals surface area contributed by atoms with E-state index in [9.17, 15) is 9.59 Å². The highest BCUT2D eigenvalue weighted by Crippen LogP contribution is 2.33. The summed E-state index contributed by atoms with van der Waals surface area (Å²) in [5.74, 6) is -0.128. The summed E-state index contributed by atoms with van der Waals surface area (Å²) in [6, 6.07) is 9.96. The van der Waals surface area contributed by atoms with Crippen molar-refractivity contribution < 1.29 is 14.3 Å². The second kappa shape index (κ2) is 8.75. The van der Waals surface area contributed by atoms with E-state index in [0.29, 0.717) is 12.1 Å². The molecule has 1 aromatic heterocycles. The fourth-order valence-electron chi connectivity index (χ4n) is 3.77. The van der Waals surface area contributed by atoms with E-state index in [1.54, 1.807) is 17.1 Å². The lowest BCUT2D eigenvalue weighted by Crippen LogP contribution is -2.48. The van der Waals surface area contributed by atoms with Gasteiger partial charge in [-0.1, -0.05) is 30.3 Å². The molecule has 2 atom stereocenters. The van der Waals surface area contributed by atoms with Crippen molar-refractivity contribution in [3.05, 3.63) is 48.3 Å². The molecule has 154 valence electrons. The Morgan fingerprint density at radius 1 is 1.14 bits per heavy atom. The summed E-state index contributed by atoms with van der Waals surface area (Å²) in [6.07, 6.45) is 4.24. The van der Waals surface area contributed by atoms with Crippen molar-refractivity contribution in [3.63, 3.8) is 0 Å². The van der Waals surface area contributed by atoms with Crippen LogP contribution in [0.2, 0.25) is 0 Å². The van der Waals surface area contributed by atoms with Gasteiger partial charge < -0.3 is 19.9 Å². The van der Waals surface area contributed by atoms with E-state index < -0.39 is 6.10 Å². The minimum atomic E-state index is -0.476. The van der Waals surface area contributed by atoms with Gasteiger partial charge in [-0.15, -0.1) is 0 Å². The molecule has 29 heavy (non-hydrogen) atoms. The molecule has 2 aromatic rings. The number of ether oxygens (including phenoxy) is 1. The fourth-order valence-corrected chi connectivity index (χ4v) is 3.77. The van der Waals surface area contributed by atoms with Gasteiger partial charge in [0, 0.05) is 32.4 Å². The van der Waals surface area contributed by atoms with Gasteiger partial charge in [-0.3, -0.25) is 14.3 Å². The number of aromatic nitrogens is 2. The van der Waals surface area contributed by atoms with E-state index >= 15 is 0 Å². The molecule has 2 aliphatic rings. The molecule has 0 aliphatic carbocycles. The maximum Gasteiger partial charge on any atom is 0.253 e. The molecule has 0 radical (unpaired) electrons. The molecule has 0 unspecified atom stereocenters. The first-order valence-corrected chi connectivity index (χ1v) is 10.1. The normalized spacial score (nSPS) is 22.6. The highest BCUT2D eigenvalue weighted by atomic mass is 16.5. The van der Waals surface area contributed by atoms with Gasteiger partial charge in [0.05, 0.1) is 18.0 Å². The summed E-state index contributed by atoms with van der Waals surface area (Å²) in [6.45, 7) is 3.42. The second-order valence-corrected chi connectivity index (χ2v) is 7.70. The molecule has 0 spiro atoms. The molecule has 0 bridgehead atoms. The first-order chi connectivity index (χ1) is 14.1. The van der Waals surface area contributed by atoms with Crippen LogP contribution in [0.4, 0.5) is 5.69 Å². The average Bonchev–Trinajstić information content (AvgIpc) is 3.39. The summed E-state index contributed by atoms with van der Waals surface area (Å²) in [7, 11) is 2.06. The summed E-state index contributed by atoms with van der Waals surface area (Å²) in [4.78, 5) is 29.0. The summed E-state index contributed by atoms with van der Waals surface area (Å²) < 4.78 is 7.50. The number of carbonyl (C=O) groups is 2. The zero-order valence-electron chi connectivity index (χ0n) is 16.7. The van der Waals surface area contributed by atoms with Gasteiger partial charge in [0.2, 0.25) is 5.91 Å². The third-order valence-electron chi connectivity index (χ3n) is 5.54. The van der Waals surface area contributed by atoms with Crippen LogP contribution in [0.25, 0.3) is 0 Å². The predicted molar refractivity (Wildman–Crippen MR) is 108 cm³/mol. The molecule has 1 aromatic carbocycles. The Morgan fingerprint density at radius 2 is 1.90 bits per heavy atom.